The first-order valence-corrected chi connectivity index (χ1v) is 6.10. The molecule has 1 aromatic carbocycles. The van der Waals surface area contributed by atoms with Gasteiger partial charge in [-0.25, -0.2) is 9.37 Å². The fourth-order valence-electron chi connectivity index (χ4n) is 2.09. The molecule has 0 saturated carbocycles. The van der Waals surface area contributed by atoms with E-state index in [4.69, 9.17) is 0 Å². The average molecular weight is 244 g/mol. The predicted octanol–water partition coefficient (Wildman–Crippen LogP) is 3.94. The van der Waals surface area contributed by atoms with Crippen molar-refractivity contribution in [1.29, 1.82) is 0 Å². The van der Waals surface area contributed by atoms with Crippen LogP contribution in [0.4, 0.5) is 10.2 Å². The average Bonchev–Trinajstić information content (AvgIpc) is 2.28. The Bertz CT molecular complexity index is 541. The fraction of sp³-hybridized carbons (Fsp3) is 0.267. The molecule has 18 heavy (non-hydrogen) atoms. The number of pyridine rings is 1. The molecule has 1 aromatic heterocycles. The Kier molecular flexibility index (Phi) is 3.60. The van der Waals surface area contributed by atoms with Crippen molar-refractivity contribution in [3.8, 4) is 11.3 Å². The van der Waals surface area contributed by atoms with Crippen molar-refractivity contribution >= 4 is 5.82 Å². The second kappa shape index (κ2) is 5.17. The normalized spacial score (nSPS) is 10.4. The number of halogens is 1. The molecule has 2 rings (SSSR count). The van der Waals surface area contributed by atoms with Gasteiger partial charge in [0.05, 0.1) is 5.69 Å². The second-order valence-corrected chi connectivity index (χ2v) is 4.38. The highest BCUT2D eigenvalue weighted by atomic mass is 19.1. The van der Waals surface area contributed by atoms with Crippen LogP contribution in [0, 0.1) is 19.7 Å². The molecule has 0 aliphatic rings. The Morgan fingerprint density at radius 3 is 2.67 bits per heavy atom. The zero-order valence-electron chi connectivity index (χ0n) is 10.9. The maximum absolute atomic E-state index is 14.1. The van der Waals surface area contributed by atoms with Gasteiger partial charge in [-0.1, -0.05) is 12.1 Å². The summed E-state index contributed by atoms with van der Waals surface area (Å²) in [7, 11) is 0. The van der Waals surface area contributed by atoms with Crippen LogP contribution in [-0.4, -0.2) is 11.5 Å². The smallest absolute Gasteiger partial charge is 0.133 e. The molecule has 0 bridgehead atoms. The SMILES string of the molecule is CCNc1cccc(-c2c(C)cc(C)cc2F)n1. The molecule has 0 aliphatic carbocycles. The molecule has 0 radical (unpaired) electrons. The van der Waals surface area contributed by atoms with Crippen LogP contribution in [0.3, 0.4) is 0 Å². The van der Waals surface area contributed by atoms with E-state index >= 15 is 0 Å². The number of hydrogen-bond acceptors (Lipinski definition) is 2. The number of anilines is 1. The van der Waals surface area contributed by atoms with E-state index in [1.807, 2.05) is 45.0 Å². The van der Waals surface area contributed by atoms with Crippen LogP contribution < -0.4 is 5.32 Å². The maximum Gasteiger partial charge on any atom is 0.133 e. The van der Waals surface area contributed by atoms with Crippen LogP contribution in [0.15, 0.2) is 30.3 Å². The third kappa shape index (κ3) is 2.50. The van der Waals surface area contributed by atoms with E-state index in [-0.39, 0.29) is 5.82 Å². The highest BCUT2D eigenvalue weighted by Gasteiger charge is 2.11. The topological polar surface area (TPSA) is 24.9 Å². The zero-order valence-corrected chi connectivity index (χ0v) is 10.9. The third-order valence-electron chi connectivity index (χ3n) is 2.79. The van der Waals surface area contributed by atoms with Crippen LogP contribution in [0.25, 0.3) is 11.3 Å². The van der Waals surface area contributed by atoms with Crippen molar-refractivity contribution in [3.63, 3.8) is 0 Å². The molecule has 2 aromatic rings. The lowest BCUT2D eigenvalue weighted by atomic mass is 10.0. The molecule has 0 spiro atoms. The third-order valence-corrected chi connectivity index (χ3v) is 2.79. The second-order valence-electron chi connectivity index (χ2n) is 4.38. The van der Waals surface area contributed by atoms with Gasteiger partial charge in [0.25, 0.3) is 0 Å². The molecular formula is C15H17FN2. The summed E-state index contributed by atoms with van der Waals surface area (Å²) in [5.41, 5.74) is 3.09. The molecule has 0 aliphatic heterocycles. The Labute approximate surface area is 107 Å². The van der Waals surface area contributed by atoms with Crippen LogP contribution in [-0.2, 0) is 0 Å². The van der Waals surface area contributed by atoms with Gasteiger partial charge < -0.3 is 5.32 Å². The van der Waals surface area contributed by atoms with Crippen molar-refractivity contribution in [2.75, 3.05) is 11.9 Å². The fourth-order valence-corrected chi connectivity index (χ4v) is 2.09. The molecule has 0 fully saturated rings. The van der Waals surface area contributed by atoms with Gasteiger partial charge in [0.1, 0.15) is 11.6 Å². The first-order chi connectivity index (χ1) is 8.61. The summed E-state index contributed by atoms with van der Waals surface area (Å²) in [5.74, 6) is 0.558. The molecular weight excluding hydrogens is 227 g/mol. The van der Waals surface area contributed by atoms with E-state index in [9.17, 15) is 4.39 Å². The van der Waals surface area contributed by atoms with Crippen LogP contribution >= 0.6 is 0 Å². The standard InChI is InChI=1S/C15H17FN2/c1-4-17-14-7-5-6-13(18-14)15-11(3)8-10(2)9-12(15)16/h5-9H,4H2,1-3H3,(H,17,18). The van der Waals surface area contributed by atoms with Gasteiger partial charge in [0, 0.05) is 12.1 Å². The number of nitrogens with zero attached hydrogens (tertiary/aromatic N) is 1. The lowest BCUT2D eigenvalue weighted by molar-refractivity contribution is 0.628. The highest BCUT2D eigenvalue weighted by Crippen LogP contribution is 2.27. The minimum atomic E-state index is -0.214. The number of aromatic nitrogens is 1. The van der Waals surface area contributed by atoms with E-state index in [1.54, 1.807) is 6.07 Å². The number of rotatable bonds is 3. The van der Waals surface area contributed by atoms with Crippen molar-refractivity contribution in [2.45, 2.75) is 20.8 Å². The van der Waals surface area contributed by atoms with Gasteiger partial charge in [-0.05, 0) is 50.1 Å². The van der Waals surface area contributed by atoms with Gasteiger partial charge in [-0.2, -0.15) is 0 Å². The molecule has 2 nitrogen and oxygen atoms in total. The summed E-state index contributed by atoms with van der Waals surface area (Å²) < 4.78 is 14.1. The predicted molar refractivity (Wildman–Crippen MR) is 73.3 cm³/mol. The van der Waals surface area contributed by atoms with Gasteiger partial charge in [0.2, 0.25) is 0 Å². The number of benzene rings is 1. The Hall–Kier alpha value is -1.90. The molecule has 0 saturated heterocycles. The molecule has 0 amide bonds. The monoisotopic (exact) mass is 244 g/mol. The van der Waals surface area contributed by atoms with Crippen molar-refractivity contribution < 1.29 is 4.39 Å². The Morgan fingerprint density at radius 2 is 2.00 bits per heavy atom. The summed E-state index contributed by atoms with van der Waals surface area (Å²) in [6, 6.07) is 9.12. The summed E-state index contributed by atoms with van der Waals surface area (Å²) in [4.78, 5) is 4.43. The lowest BCUT2D eigenvalue weighted by Crippen LogP contribution is -2.00. The highest BCUT2D eigenvalue weighted by molar-refractivity contribution is 5.66. The molecule has 0 atom stereocenters. The van der Waals surface area contributed by atoms with Crippen LogP contribution in [0.1, 0.15) is 18.1 Å². The van der Waals surface area contributed by atoms with E-state index in [1.165, 1.54) is 0 Å². The molecule has 0 unspecified atom stereocenters. The lowest BCUT2D eigenvalue weighted by Gasteiger charge is -2.10. The summed E-state index contributed by atoms with van der Waals surface area (Å²) >= 11 is 0. The van der Waals surface area contributed by atoms with E-state index in [2.05, 4.69) is 10.3 Å². The number of nitrogens with one attached hydrogen (secondary N) is 1. The number of hydrogen-bond donors (Lipinski definition) is 1. The van der Waals surface area contributed by atoms with Gasteiger partial charge in [0.15, 0.2) is 0 Å². The minimum Gasteiger partial charge on any atom is -0.370 e. The summed E-state index contributed by atoms with van der Waals surface area (Å²) in [5, 5.41) is 3.13. The first-order valence-electron chi connectivity index (χ1n) is 6.10. The van der Waals surface area contributed by atoms with Crippen LogP contribution in [0.2, 0.25) is 0 Å². The molecule has 1 heterocycles. The quantitative estimate of drug-likeness (QED) is 0.884. The minimum absolute atomic E-state index is 0.214. The summed E-state index contributed by atoms with van der Waals surface area (Å²) in [6.45, 7) is 6.60. The zero-order chi connectivity index (χ0) is 13.1. The molecule has 3 heteroatoms. The Balaban J connectivity index is 2.51. The molecule has 94 valence electrons. The van der Waals surface area contributed by atoms with Crippen molar-refractivity contribution in [2.24, 2.45) is 0 Å². The van der Waals surface area contributed by atoms with Gasteiger partial charge in [-0.15, -0.1) is 0 Å². The van der Waals surface area contributed by atoms with Gasteiger partial charge in [-0.3, -0.25) is 0 Å². The largest absolute Gasteiger partial charge is 0.370 e. The van der Waals surface area contributed by atoms with E-state index < -0.39 is 0 Å². The van der Waals surface area contributed by atoms with Crippen molar-refractivity contribution in [3.05, 3.63) is 47.3 Å². The van der Waals surface area contributed by atoms with Crippen molar-refractivity contribution in [1.82, 2.24) is 4.98 Å². The van der Waals surface area contributed by atoms with E-state index in [0.717, 1.165) is 23.5 Å². The number of aryl methyl sites for hydroxylation is 2. The first kappa shape index (κ1) is 12.6. The van der Waals surface area contributed by atoms with Gasteiger partial charge >= 0.3 is 0 Å². The summed E-state index contributed by atoms with van der Waals surface area (Å²) in [6.07, 6.45) is 0. The Morgan fingerprint density at radius 1 is 1.22 bits per heavy atom. The van der Waals surface area contributed by atoms with E-state index in [0.29, 0.717) is 11.3 Å². The maximum atomic E-state index is 14.1. The molecule has 1 N–H and O–H groups in total. The van der Waals surface area contributed by atoms with Crippen LogP contribution in [0.5, 0.6) is 0 Å².